The zero-order chi connectivity index (χ0) is 11.7. The molecule has 0 radical (unpaired) electrons. The normalized spacial score (nSPS) is 10.5. The molecule has 0 unspecified atom stereocenters. The topological polar surface area (TPSA) is 0 Å². The first-order valence-corrected chi connectivity index (χ1v) is 6.62. The highest BCUT2D eigenvalue weighted by molar-refractivity contribution is 14.1. The summed E-state index contributed by atoms with van der Waals surface area (Å²) >= 11 is 14.4. The average Bonchev–Trinajstić information content (AvgIpc) is 2.15. The lowest BCUT2D eigenvalue weighted by molar-refractivity contribution is 1.44. The SMILES string of the molecule is Cc1cc(I)cc(-c2ccc(Cl)cc2Cl)c1. The second kappa shape index (κ2) is 4.94. The number of aryl methyl sites for hydroxylation is 1. The molecule has 0 aliphatic heterocycles. The van der Waals surface area contributed by atoms with Crippen molar-refractivity contribution in [3.05, 3.63) is 55.6 Å². The van der Waals surface area contributed by atoms with Gasteiger partial charge in [-0.2, -0.15) is 0 Å². The van der Waals surface area contributed by atoms with Gasteiger partial charge in [-0.05, 0) is 64.9 Å². The fourth-order valence-corrected chi connectivity index (χ4v) is 2.96. The Bertz CT molecular complexity index is 515. The summed E-state index contributed by atoms with van der Waals surface area (Å²) in [6.07, 6.45) is 0. The van der Waals surface area contributed by atoms with Crippen molar-refractivity contribution in [3.8, 4) is 11.1 Å². The van der Waals surface area contributed by atoms with Gasteiger partial charge in [-0.1, -0.05) is 35.3 Å². The van der Waals surface area contributed by atoms with Crippen molar-refractivity contribution in [2.75, 3.05) is 0 Å². The van der Waals surface area contributed by atoms with Crippen molar-refractivity contribution < 1.29 is 0 Å². The molecular weight excluding hydrogens is 354 g/mol. The molecule has 0 aliphatic rings. The van der Waals surface area contributed by atoms with E-state index in [1.54, 1.807) is 6.07 Å². The molecule has 82 valence electrons. The van der Waals surface area contributed by atoms with E-state index in [0.29, 0.717) is 10.0 Å². The van der Waals surface area contributed by atoms with Gasteiger partial charge in [-0.3, -0.25) is 0 Å². The van der Waals surface area contributed by atoms with Crippen molar-refractivity contribution in [1.82, 2.24) is 0 Å². The van der Waals surface area contributed by atoms with Crippen LogP contribution in [0.3, 0.4) is 0 Å². The van der Waals surface area contributed by atoms with E-state index in [0.717, 1.165) is 11.1 Å². The molecule has 0 nitrogen and oxygen atoms in total. The molecule has 0 fully saturated rings. The molecule has 2 rings (SSSR count). The molecule has 0 saturated carbocycles. The van der Waals surface area contributed by atoms with Crippen LogP contribution in [0.4, 0.5) is 0 Å². The maximum atomic E-state index is 6.18. The summed E-state index contributed by atoms with van der Waals surface area (Å²) in [5.41, 5.74) is 3.38. The minimum Gasteiger partial charge on any atom is -0.0843 e. The molecular formula is C13H9Cl2I. The second-order valence-corrected chi connectivity index (χ2v) is 5.73. The van der Waals surface area contributed by atoms with Crippen molar-refractivity contribution >= 4 is 45.8 Å². The van der Waals surface area contributed by atoms with Gasteiger partial charge < -0.3 is 0 Å². The van der Waals surface area contributed by atoms with E-state index in [4.69, 9.17) is 23.2 Å². The van der Waals surface area contributed by atoms with Crippen LogP contribution in [-0.4, -0.2) is 0 Å². The Morgan fingerprint density at radius 2 is 1.75 bits per heavy atom. The summed E-state index contributed by atoms with van der Waals surface area (Å²) in [5, 5.41) is 1.35. The molecule has 0 bridgehead atoms. The van der Waals surface area contributed by atoms with Gasteiger partial charge in [-0.25, -0.2) is 0 Å². The molecule has 2 aromatic rings. The molecule has 0 spiro atoms. The summed E-state index contributed by atoms with van der Waals surface area (Å²) in [7, 11) is 0. The monoisotopic (exact) mass is 362 g/mol. The first-order valence-electron chi connectivity index (χ1n) is 4.79. The number of halogens is 3. The zero-order valence-electron chi connectivity index (χ0n) is 8.60. The molecule has 0 amide bonds. The molecule has 3 heteroatoms. The van der Waals surface area contributed by atoms with Crippen molar-refractivity contribution in [2.45, 2.75) is 6.92 Å². The van der Waals surface area contributed by atoms with Crippen LogP contribution in [0.1, 0.15) is 5.56 Å². The average molecular weight is 363 g/mol. The fourth-order valence-electron chi connectivity index (χ4n) is 1.62. The molecule has 0 heterocycles. The fraction of sp³-hybridized carbons (Fsp3) is 0.0769. The van der Waals surface area contributed by atoms with E-state index < -0.39 is 0 Å². The molecule has 2 aromatic carbocycles. The zero-order valence-corrected chi connectivity index (χ0v) is 12.3. The van der Waals surface area contributed by atoms with Crippen LogP contribution in [0.15, 0.2) is 36.4 Å². The second-order valence-electron chi connectivity index (χ2n) is 3.64. The molecule has 0 aliphatic carbocycles. The van der Waals surface area contributed by atoms with Crippen molar-refractivity contribution in [3.63, 3.8) is 0 Å². The van der Waals surface area contributed by atoms with E-state index in [1.807, 2.05) is 12.1 Å². The summed E-state index contributed by atoms with van der Waals surface area (Å²) < 4.78 is 1.21. The van der Waals surface area contributed by atoms with Crippen molar-refractivity contribution in [1.29, 1.82) is 0 Å². The highest BCUT2D eigenvalue weighted by atomic mass is 127. The van der Waals surface area contributed by atoms with Crippen LogP contribution in [0.5, 0.6) is 0 Å². The Kier molecular flexibility index (Phi) is 3.77. The minimum absolute atomic E-state index is 0.663. The molecule has 16 heavy (non-hydrogen) atoms. The van der Waals surface area contributed by atoms with Gasteiger partial charge in [0.05, 0.1) is 0 Å². The lowest BCUT2D eigenvalue weighted by Crippen LogP contribution is -1.83. The van der Waals surface area contributed by atoms with Gasteiger partial charge >= 0.3 is 0 Å². The molecule has 0 aromatic heterocycles. The first-order chi connectivity index (χ1) is 7.56. The van der Waals surface area contributed by atoms with Crippen LogP contribution < -0.4 is 0 Å². The van der Waals surface area contributed by atoms with Crippen LogP contribution in [0.25, 0.3) is 11.1 Å². The lowest BCUT2D eigenvalue weighted by Gasteiger charge is -2.07. The predicted octanol–water partition coefficient (Wildman–Crippen LogP) is 5.57. The van der Waals surface area contributed by atoms with Crippen molar-refractivity contribution in [2.24, 2.45) is 0 Å². The highest BCUT2D eigenvalue weighted by Crippen LogP contribution is 2.31. The number of rotatable bonds is 1. The Labute approximate surface area is 119 Å². The van der Waals surface area contributed by atoms with E-state index in [9.17, 15) is 0 Å². The number of benzene rings is 2. The van der Waals surface area contributed by atoms with Gasteiger partial charge in [0.1, 0.15) is 0 Å². The van der Waals surface area contributed by atoms with Gasteiger partial charge in [0.15, 0.2) is 0 Å². The first kappa shape index (κ1) is 12.2. The number of hydrogen-bond donors (Lipinski definition) is 0. The Morgan fingerprint density at radius 1 is 1.00 bits per heavy atom. The Balaban J connectivity index is 2.58. The standard InChI is InChI=1S/C13H9Cl2I/c1-8-4-9(6-11(16)5-8)12-3-2-10(14)7-13(12)15/h2-7H,1H3. The lowest BCUT2D eigenvalue weighted by atomic mass is 10.0. The maximum absolute atomic E-state index is 6.18. The minimum atomic E-state index is 0.663. The maximum Gasteiger partial charge on any atom is 0.0499 e. The van der Waals surface area contributed by atoms with Crippen LogP contribution >= 0.6 is 45.8 Å². The van der Waals surface area contributed by atoms with Gasteiger partial charge in [0, 0.05) is 19.2 Å². The van der Waals surface area contributed by atoms with Crippen LogP contribution in [-0.2, 0) is 0 Å². The van der Waals surface area contributed by atoms with Crippen LogP contribution in [0.2, 0.25) is 10.0 Å². The molecule has 0 atom stereocenters. The third-order valence-corrected chi connectivity index (χ3v) is 3.45. The largest absolute Gasteiger partial charge is 0.0843 e. The van der Waals surface area contributed by atoms with E-state index >= 15 is 0 Å². The summed E-state index contributed by atoms with van der Waals surface area (Å²) in [5.74, 6) is 0. The predicted molar refractivity (Wildman–Crippen MR) is 79.4 cm³/mol. The summed E-state index contributed by atoms with van der Waals surface area (Å²) in [6.45, 7) is 2.08. The van der Waals surface area contributed by atoms with E-state index in [1.165, 1.54) is 9.13 Å². The Hall–Kier alpha value is -0.250. The number of hydrogen-bond acceptors (Lipinski definition) is 0. The smallest absolute Gasteiger partial charge is 0.0499 e. The van der Waals surface area contributed by atoms with E-state index in [2.05, 4.69) is 47.7 Å². The third kappa shape index (κ3) is 2.70. The third-order valence-electron chi connectivity index (χ3n) is 2.28. The van der Waals surface area contributed by atoms with Crippen LogP contribution in [0, 0.1) is 10.5 Å². The molecule has 0 saturated heterocycles. The molecule has 0 N–H and O–H groups in total. The highest BCUT2D eigenvalue weighted by Gasteiger charge is 2.05. The quantitative estimate of drug-likeness (QED) is 0.581. The van der Waals surface area contributed by atoms with E-state index in [-0.39, 0.29) is 0 Å². The summed E-state index contributed by atoms with van der Waals surface area (Å²) in [6, 6.07) is 12.0. The Morgan fingerprint density at radius 3 is 2.38 bits per heavy atom. The summed E-state index contributed by atoms with van der Waals surface area (Å²) in [4.78, 5) is 0. The van der Waals surface area contributed by atoms with Gasteiger partial charge in [0.25, 0.3) is 0 Å². The van der Waals surface area contributed by atoms with Gasteiger partial charge in [0.2, 0.25) is 0 Å². The van der Waals surface area contributed by atoms with Gasteiger partial charge in [-0.15, -0.1) is 0 Å².